The number of aromatic nitrogens is 1. The van der Waals surface area contributed by atoms with Crippen LogP contribution >= 0.6 is 11.6 Å². The SMILES string of the molecule is CN(CC1CC2CCC1C2)c1ncc(Cl)cc1F. The van der Waals surface area contributed by atoms with E-state index < -0.39 is 0 Å². The molecule has 3 atom stereocenters. The van der Waals surface area contributed by atoms with E-state index in [1.807, 2.05) is 11.9 Å². The Morgan fingerprint density at radius 3 is 2.89 bits per heavy atom. The van der Waals surface area contributed by atoms with E-state index in [1.54, 1.807) is 0 Å². The molecule has 1 heterocycles. The molecule has 2 aliphatic carbocycles. The molecule has 0 saturated heterocycles. The highest BCUT2D eigenvalue weighted by Gasteiger charge is 2.39. The minimum absolute atomic E-state index is 0.326. The number of rotatable bonds is 3. The number of anilines is 1. The monoisotopic (exact) mass is 268 g/mol. The summed E-state index contributed by atoms with van der Waals surface area (Å²) in [6, 6.07) is 1.33. The summed E-state index contributed by atoms with van der Waals surface area (Å²) < 4.78 is 13.8. The lowest BCUT2D eigenvalue weighted by atomic mass is 9.88. The second-order valence-corrected chi connectivity index (χ2v) is 6.21. The minimum Gasteiger partial charge on any atom is -0.357 e. The first-order valence-electron chi connectivity index (χ1n) is 6.65. The van der Waals surface area contributed by atoms with Crippen LogP contribution in [0.2, 0.25) is 5.02 Å². The van der Waals surface area contributed by atoms with Crippen LogP contribution in [0.4, 0.5) is 10.2 Å². The Hall–Kier alpha value is -0.830. The molecule has 0 N–H and O–H groups in total. The molecule has 1 aromatic heterocycles. The number of pyridine rings is 1. The summed E-state index contributed by atoms with van der Waals surface area (Å²) in [5.41, 5.74) is 0. The lowest BCUT2D eigenvalue weighted by Gasteiger charge is -2.28. The van der Waals surface area contributed by atoms with Gasteiger partial charge in [0.1, 0.15) is 0 Å². The molecule has 3 unspecified atom stereocenters. The van der Waals surface area contributed by atoms with Gasteiger partial charge in [-0.2, -0.15) is 0 Å². The zero-order valence-corrected chi connectivity index (χ0v) is 11.3. The van der Waals surface area contributed by atoms with Crippen molar-refractivity contribution >= 4 is 17.4 Å². The first-order chi connectivity index (χ1) is 8.63. The van der Waals surface area contributed by atoms with Gasteiger partial charge in [0.05, 0.1) is 5.02 Å². The van der Waals surface area contributed by atoms with Crippen molar-refractivity contribution in [3.05, 3.63) is 23.1 Å². The van der Waals surface area contributed by atoms with Crippen LogP contribution in [0.25, 0.3) is 0 Å². The number of halogens is 2. The molecule has 4 heteroatoms. The molecule has 0 aliphatic heterocycles. The first kappa shape index (κ1) is 12.2. The zero-order chi connectivity index (χ0) is 12.7. The standard InChI is InChI=1S/C14H18ClFN2/c1-18(14-13(16)6-12(15)7-17-14)8-11-5-9-2-3-10(11)4-9/h6-7,9-11H,2-5,8H2,1H3. The number of hydrogen-bond donors (Lipinski definition) is 0. The van der Waals surface area contributed by atoms with Gasteiger partial charge in [0, 0.05) is 19.8 Å². The Kier molecular flexibility index (Phi) is 3.18. The lowest BCUT2D eigenvalue weighted by molar-refractivity contribution is 0.336. The van der Waals surface area contributed by atoms with Crippen molar-refractivity contribution in [3.63, 3.8) is 0 Å². The average molecular weight is 269 g/mol. The summed E-state index contributed by atoms with van der Waals surface area (Å²) in [5, 5.41) is 0.351. The maximum Gasteiger partial charge on any atom is 0.167 e. The molecule has 2 saturated carbocycles. The van der Waals surface area contributed by atoms with Gasteiger partial charge in [-0.05, 0) is 43.1 Å². The van der Waals surface area contributed by atoms with Gasteiger partial charge >= 0.3 is 0 Å². The van der Waals surface area contributed by atoms with Gasteiger partial charge in [-0.3, -0.25) is 0 Å². The van der Waals surface area contributed by atoms with Gasteiger partial charge in [0.25, 0.3) is 0 Å². The van der Waals surface area contributed by atoms with Crippen molar-refractivity contribution in [3.8, 4) is 0 Å². The largest absolute Gasteiger partial charge is 0.357 e. The summed E-state index contributed by atoms with van der Waals surface area (Å²) in [5.74, 6) is 2.59. The fourth-order valence-corrected chi connectivity index (χ4v) is 3.87. The third kappa shape index (κ3) is 2.20. The summed E-state index contributed by atoms with van der Waals surface area (Å²) in [6.45, 7) is 0.909. The maximum absolute atomic E-state index is 13.8. The third-order valence-corrected chi connectivity index (χ3v) is 4.75. The van der Waals surface area contributed by atoms with Crippen molar-refractivity contribution in [2.24, 2.45) is 17.8 Å². The van der Waals surface area contributed by atoms with Crippen LogP contribution in [0, 0.1) is 23.6 Å². The molecule has 2 aliphatic rings. The van der Waals surface area contributed by atoms with Gasteiger partial charge in [0.15, 0.2) is 11.6 Å². The average Bonchev–Trinajstić information content (AvgIpc) is 2.90. The first-order valence-corrected chi connectivity index (χ1v) is 7.03. The molecule has 98 valence electrons. The Balaban J connectivity index is 1.69. The zero-order valence-electron chi connectivity index (χ0n) is 10.6. The highest BCUT2D eigenvalue weighted by Crippen LogP contribution is 2.48. The Labute approximate surface area is 112 Å². The van der Waals surface area contributed by atoms with Crippen molar-refractivity contribution < 1.29 is 4.39 Å². The van der Waals surface area contributed by atoms with Crippen molar-refractivity contribution in [2.75, 3.05) is 18.5 Å². The van der Waals surface area contributed by atoms with E-state index in [1.165, 1.54) is 37.9 Å². The molecule has 0 radical (unpaired) electrons. The van der Waals surface area contributed by atoms with E-state index in [4.69, 9.17) is 11.6 Å². The van der Waals surface area contributed by atoms with E-state index in [0.717, 1.165) is 18.4 Å². The van der Waals surface area contributed by atoms with E-state index in [0.29, 0.717) is 16.8 Å². The Morgan fingerprint density at radius 2 is 2.28 bits per heavy atom. The normalized spacial score (nSPS) is 29.8. The van der Waals surface area contributed by atoms with Crippen LogP contribution in [0.3, 0.4) is 0 Å². The predicted octanol–water partition coefficient (Wildman–Crippen LogP) is 3.75. The van der Waals surface area contributed by atoms with Crippen LogP contribution in [-0.4, -0.2) is 18.6 Å². The molecule has 0 spiro atoms. The number of nitrogens with zero attached hydrogens (tertiary/aromatic N) is 2. The molecule has 1 aromatic rings. The summed E-state index contributed by atoms with van der Waals surface area (Å²) in [6.07, 6.45) is 6.97. The van der Waals surface area contributed by atoms with Crippen LogP contribution in [-0.2, 0) is 0 Å². The lowest BCUT2D eigenvalue weighted by Crippen LogP contribution is -2.29. The Bertz CT molecular complexity index is 451. The van der Waals surface area contributed by atoms with E-state index >= 15 is 0 Å². The second-order valence-electron chi connectivity index (χ2n) is 5.77. The van der Waals surface area contributed by atoms with Crippen LogP contribution in [0.15, 0.2) is 12.3 Å². The molecule has 3 rings (SSSR count). The summed E-state index contributed by atoms with van der Waals surface area (Å²) in [7, 11) is 1.92. The molecular weight excluding hydrogens is 251 g/mol. The Morgan fingerprint density at radius 1 is 1.44 bits per heavy atom. The highest BCUT2D eigenvalue weighted by molar-refractivity contribution is 6.30. The quantitative estimate of drug-likeness (QED) is 0.830. The van der Waals surface area contributed by atoms with Crippen molar-refractivity contribution in [2.45, 2.75) is 25.7 Å². The molecule has 0 amide bonds. The van der Waals surface area contributed by atoms with E-state index in [-0.39, 0.29) is 5.82 Å². The second kappa shape index (κ2) is 4.69. The van der Waals surface area contributed by atoms with Crippen molar-refractivity contribution in [1.82, 2.24) is 4.98 Å². The predicted molar refractivity (Wildman–Crippen MR) is 71.4 cm³/mol. The highest BCUT2D eigenvalue weighted by atomic mass is 35.5. The third-order valence-electron chi connectivity index (χ3n) is 4.54. The topological polar surface area (TPSA) is 16.1 Å². The van der Waals surface area contributed by atoms with Gasteiger partial charge in [-0.25, -0.2) is 9.37 Å². The molecule has 2 fully saturated rings. The molecular formula is C14H18ClFN2. The summed E-state index contributed by atoms with van der Waals surface area (Å²) in [4.78, 5) is 6.04. The van der Waals surface area contributed by atoms with Crippen molar-refractivity contribution in [1.29, 1.82) is 0 Å². The van der Waals surface area contributed by atoms with Gasteiger partial charge in [-0.1, -0.05) is 18.0 Å². The van der Waals surface area contributed by atoms with E-state index in [2.05, 4.69) is 4.98 Å². The van der Waals surface area contributed by atoms with Gasteiger partial charge in [0.2, 0.25) is 0 Å². The summed E-state index contributed by atoms with van der Waals surface area (Å²) >= 11 is 5.72. The van der Waals surface area contributed by atoms with Gasteiger partial charge < -0.3 is 4.90 Å². The number of fused-ring (bicyclic) bond motifs is 2. The smallest absolute Gasteiger partial charge is 0.167 e. The molecule has 0 aromatic carbocycles. The molecule has 18 heavy (non-hydrogen) atoms. The minimum atomic E-state index is -0.326. The van der Waals surface area contributed by atoms with Crippen LogP contribution in [0.1, 0.15) is 25.7 Å². The maximum atomic E-state index is 13.8. The molecule has 2 nitrogen and oxygen atoms in total. The molecule has 2 bridgehead atoms. The fourth-order valence-electron chi connectivity index (χ4n) is 3.73. The fraction of sp³-hybridized carbons (Fsp3) is 0.643. The number of hydrogen-bond acceptors (Lipinski definition) is 2. The van der Waals surface area contributed by atoms with Crippen LogP contribution < -0.4 is 4.90 Å². The van der Waals surface area contributed by atoms with Crippen LogP contribution in [0.5, 0.6) is 0 Å². The van der Waals surface area contributed by atoms with E-state index in [9.17, 15) is 4.39 Å². The van der Waals surface area contributed by atoms with Gasteiger partial charge in [-0.15, -0.1) is 0 Å².